The molecule has 1 radical (unpaired) electrons. The summed E-state index contributed by atoms with van der Waals surface area (Å²) < 4.78 is 5.98. The van der Waals surface area contributed by atoms with Gasteiger partial charge in [0.05, 0.1) is 0 Å². The SMILES string of the molecule is [CH](CCc1ccccc1)c1ccccc1Oc1ccccc1. The van der Waals surface area contributed by atoms with Crippen molar-refractivity contribution >= 4 is 0 Å². The summed E-state index contributed by atoms with van der Waals surface area (Å²) in [5.74, 6) is 1.77. The van der Waals surface area contributed by atoms with Gasteiger partial charge in [-0.2, -0.15) is 0 Å². The molecule has 1 heteroatoms. The average molecular weight is 287 g/mol. The molecule has 0 heterocycles. The maximum atomic E-state index is 5.98. The van der Waals surface area contributed by atoms with Gasteiger partial charge in [0.15, 0.2) is 0 Å². The lowest BCUT2D eigenvalue weighted by Crippen LogP contribution is -1.92. The summed E-state index contributed by atoms with van der Waals surface area (Å²) in [5, 5.41) is 0. The van der Waals surface area contributed by atoms with Crippen LogP contribution in [0, 0.1) is 6.42 Å². The van der Waals surface area contributed by atoms with Crippen molar-refractivity contribution in [2.75, 3.05) is 0 Å². The van der Waals surface area contributed by atoms with Crippen LogP contribution < -0.4 is 4.74 Å². The first kappa shape index (κ1) is 14.4. The molecule has 0 amide bonds. The molecule has 0 spiro atoms. The third kappa shape index (κ3) is 3.98. The number of benzene rings is 3. The summed E-state index contributed by atoms with van der Waals surface area (Å²) in [4.78, 5) is 0. The molecule has 0 saturated carbocycles. The van der Waals surface area contributed by atoms with Gasteiger partial charge >= 0.3 is 0 Å². The van der Waals surface area contributed by atoms with Gasteiger partial charge in [0.2, 0.25) is 0 Å². The highest BCUT2D eigenvalue weighted by Gasteiger charge is 2.04. The molecule has 1 nitrogen and oxygen atoms in total. The molecule has 0 aliphatic heterocycles. The van der Waals surface area contributed by atoms with Gasteiger partial charge in [0, 0.05) is 0 Å². The first-order valence-electron chi connectivity index (χ1n) is 7.61. The number of aryl methyl sites for hydroxylation is 1. The Balaban J connectivity index is 1.64. The molecule has 0 saturated heterocycles. The Bertz CT molecular complexity index is 689. The van der Waals surface area contributed by atoms with E-state index >= 15 is 0 Å². The maximum absolute atomic E-state index is 5.98. The van der Waals surface area contributed by atoms with Crippen molar-refractivity contribution in [3.8, 4) is 11.5 Å². The van der Waals surface area contributed by atoms with E-state index in [1.54, 1.807) is 0 Å². The number of hydrogen-bond acceptors (Lipinski definition) is 1. The van der Waals surface area contributed by atoms with Crippen LogP contribution in [-0.2, 0) is 6.42 Å². The lowest BCUT2D eigenvalue weighted by atomic mass is 10.0. The second-order valence-electron chi connectivity index (χ2n) is 5.18. The lowest BCUT2D eigenvalue weighted by Gasteiger charge is -2.11. The molecule has 0 unspecified atom stereocenters. The predicted octanol–water partition coefficient (Wildman–Crippen LogP) is 5.66. The van der Waals surface area contributed by atoms with Crippen LogP contribution >= 0.6 is 0 Å². The van der Waals surface area contributed by atoms with E-state index in [2.05, 4.69) is 42.8 Å². The largest absolute Gasteiger partial charge is 0.457 e. The van der Waals surface area contributed by atoms with Gasteiger partial charge in [0.1, 0.15) is 11.5 Å². The normalized spacial score (nSPS) is 10.4. The number of rotatable bonds is 6. The molecule has 0 bridgehead atoms. The van der Waals surface area contributed by atoms with Crippen LogP contribution in [0.4, 0.5) is 0 Å². The van der Waals surface area contributed by atoms with Crippen LogP contribution in [0.25, 0.3) is 0 Å². The Labute approximate surface area is 132 Å². The third-order valence-electron chi connectivity index (χ3n) is 3.53. The summed E-state index contributed by atoms with van der Waals surface area (Å²) in [6.45, 7) is 0. The number of ether oxygens (including phenoxy) is 1. The van der Waals surface area contributed by atoms with Crippen LogP contribution in [0.5, 0.6) is 11.5 Å². The Morgan fingerprint density at radius 3 is 2.09 bits per heavy atom. The van der Waals surface area contributed by atoms with Crippen molar-refractivity contribution in [3.63, 3.8) is 0 Å². The van der Waals surface area contributed by atoms with E-state index in [4.69, 9.17) is 4.74 Å². The summed E-state index contributed by atoms with van der Waals surface area (Å²) >= 11 is 0. The van der Waals surface area contributed by atoms with Gasteiger partial charge in [0.25, 0.3) is 0 Å². The van der Waals surface area contributed by atoms with E-state index in [1.807, 2.05) is 48.5 Å². The van der Waals surface area contributed by atoms with Gasteiger partial charge in [-0.05, 0) is 48.6 Å². The van der Waals surface area contributed by atoms with Crippen LogP contribution in [0.2, 0.25) is 0 Å². The molecule has 3 rings (SSSR count). The van der Waals surface area contributed by atoms with Crippen LogP contribution in [0.1, 0.15) is 17.5 Å². The second-order valence-corrected chi connectivity index (χ2v) is 5.18. The molecular weight excluding hydrogens is 268 g/mol. The minimum atomic E-state index is 0.867. The number of para-hydroxylation sites is 2. The van der Waals surface area contributed by atoms with E-state index < -0.39 is 0 Å². The quantitative estimate of drug-likeness (QED) is 0.568. The Morgan fingerprint density at radius 2 is 1.32 bits per heavy atom. The van der Waals surface area contributed by atoms with E-state index in [9.17, 15) is 0 Å². The molecule has 0 N–H and O–H groups in total. The molecule has 3 aromatic rings. The molecule has 109 valence electrons. The molecular formula is C21H19O. The van der Waals surface area contributed by atoms with Crippen molar-refractivity contribution in [1.29, 1.82) is 0 Å². The highest BCUT2D eigenvalue weighted by Crippen LogP contribution is 2.27. The highest BCUT2D eigenvalue weighted by molar-refractivity contribution is 5.41. The van der Waals surface area contributed by atoms with E-state index in [1.165, 1.54) is 5.56 Å². The van der Waals surface area contributed by atoms with Crippen molar-refractivity contribution in [2.24, 2.45) is 0 Å². The fourth-order valence-electron chi connectivity index (χ4n) is 2.40. The van der Waals surface area contributed by atoms with Gasteiger partial charge < -0.3 is 4.74 Å². The van der Waals surface area contributed by atoms with Gasteiger partial charge in [-0.1, -0.05) is 66.7 Å². The summed E-state index contributed by atoms with van der Waals surface area (Å²) in [5.41, 5.74) is 2.50. The average Bonchev–Trinajstić information content (AvgIpc) is 2.58. The molecule has 0 fully saturated rings. The Kier molecular flexibility index (Phi) is 4.88. The molecule has 3 aromatic carbocycles. The molecule has 0 aromatic heterocycles. The fraction of sp³-hybridized carbons (Fsp3) is 0.0952. The highest BCUT2D eigenvalue weighted by atomic mass is 16.5. The Morgan fingerprint density at radius 1 is 0.682 bits per heavy atom. The Hall–Kier alpha value is -2.54. The van der Waals surface area contributed by atoms with Crippen LogP contribution in [0.15, 0.2) is 84.9 Å². The van der Waals surface area contributed by atoms with Crippen molar-refractivity contribution in [1.82, 2.24) is 0 Å². The molecule has 22 heavy (non-hydrogen) atoms. The second kappa shape index (κ2) is 7.46. The van der Waals surface area contributed by atoms with Crippen molar-refractivity contribution in [3.05, 3.63) is 102 Å². The number of hydrogen-bond donors (Lipinski definition) is 0. The third-order valence-corrected chi connectivity index (χ3v) is 3.53. The van der Waals surface area contributed by atoms with Crippen molar-refractivity contribution < 1.29 is 4.74 Å². The first-order chi connectivity index (χ1) is 10.9. The summed E-state index contributed by atoms with van der Waals surface area (Å²) in [7, 11) is 0. The summed E-state index contributed by atoms with van der Waals surface area (Å²) in [6.07, 6.45) is 4.28. The zero-order valence-electron chi connectivity index (χ0n) is 12.5. The maximum Gasteiger partial charge on any atom is 0.130 e. The zero-order valence-corrected chi connectivity index (χ0v) is 12.5. The van der Waals surface area contributed by atoms with Crippen LogP contribution in [0.3, 0.4) is 0 Å². The minimum absolute atomic E-state index is 0.867. The lowest BCUT2D eigenvalue weighted by molar-refractivity contribution is 0.479. The minimum Gasteiger partial charge on any atom is -0.457 e. The van der Waals surface area contributed by atoms with Gasteiger partial charge in [-0.25, -0.2) is 0 Å². The van der Waals surface area contributed by atoms with E-state index in [-0.39, 0.29) is 0 Å². The van der Waals surface area contributed by atoms with Crippen molar-refractivity contribution in [2.45, 2.75) is 12.8 Å². The molecule has 0 atom stereocenters. The smallest absolute Gasteiger partial charge is 0.130 e. The van der Waals surface area contributed by atoms with Gasteiger partial charge in [-0.15, -0.1) is 0 Å². The van der Waals surface area contributed by atoms with E-state index in [0.29, 0.717) is 0 Å². The molecule has 0 aliphatic rings. The fourth-order valence-corrected chi connectivity index (χ4v) is 2.40. The monoisotopic (exact) mass is 287 g/mol. The zero-order chi connectivity index (χ0) is 15.0. The summed E-state index contributed by atoms with van der Waals surface area (Å²) in [6, 6.07) is 28.6. The van der Waals surface area contributed by atoms with E-state index in [0.717, 1.165) is 29.9 Å². The molecule has 0 aliphatic carbocycles. The standard InChI is InChI=1S/C21H19O/c1-3-10-18(11-4-1)12-9-14-19-13-7-8-17-21(19)22-20-15-5-2-6-16-20/h1-8,10-11,13-17H,9,12H2. The first-order valence-corrected chi connectivity index (χ1v) is 7.61. The van der Waals surface area contributed by atoms with Gasteiger partial charge in [-0.3, -0.25) is 0 Å². The predicted molar refractivity (Wildman–Crippen MR) is 91.1 cm³/mol. The van der Waals surface area contributed by atoms with Crippen LogP contribution in [-0.4, -0.2) is 0 Å². The topological polar surface area (TPSA) is 9.23 Å².